The first-order valence-electron chi connectivity index (χ1n) is 7.68. The van der Waals surface area contributed by atoms with Crippen LogP contribution >= 0.6 is 12.4 Å². The highest BCUT2D eigenvalue weighted by atomic mass is 35.5. The lowest BCUT2D eigenvalue weighted by Crippen LogP contribution is -2.52. The second-order valence-corrected chi connectivity index (χ2v) is 5.78. The van der Waals surface area contributed by atoms with Gasteiger partial charge in [-0.2, -0.15) is 5.10 Å². The number of carbonyl (C=O) groups is 1. The van der Waals surface area contributed by atoms with E-state index in [4.69, 9.17) is 10.5 Å². The normalized spacial score (nSPS) is 19.6. The smallest absolute Gasteiger partial charge is 0.239 e. The first kappa shape index (κ1) is 18.9. The van der Waals surface area contributed by atoms with Gasteiger partial charge >= 0.3 is 0 Å². The number of hydrogen-bond acceptors (Lipinski definition) is 4. The molecule has 0 radical (unpaired) electrons. The number of aromatic nitrogens is 2. The fourth-order valence-corrected chi connectivity index (χ4v) is 2.75. The highest BCUT2D eigenvalue weighted by Gasteiger charge is 2.27. The van der Waals surface area contributed by atoms with Crippen molar-refractivity contribution < 1.29 is 9.53 Å². The third-order valence-corrected chi connectivity index (χ3v) is 3.85. The first-order valence-corrected chi connectivity index (χ1v) is 7.68. The number of rotatable bonds is 5. The molecule has 1 aliphatic heterocycles. The quantitative estimate of drug-likeness (QED) is 0.882. The number of nitrogens with two attached hydrogens (primary N) is 1. The Bertz CT molecular complexity index is 492. The Balaban J connectivity index is 0.00000242. The largest absolute Gasteiger partial charge is 0.373 e. The summed E-state index contributed by atoms with van der Waals surface area (Å²) in [6.07, 6.45) is 1.64. The minimum Gasteiger partial charge on any atom is -0.373 e. The average molecular weight is 331 g/mol. The Morgan fingerprint density at radius 3 is 2.86 bits per heavy atom. The van der Waals surface area contributed by atoms with E-state index in [1.807, 2.05) is 36.4 Å². The van der Waals surface area contributed by atoms with E-state index in [2.05, 4.69) is 5.10 Å². The summed E-state index contributed by atoms with van der Waals surface area (Å²) in [5, 5.41) is 4.45. The molecule has 7 heteroatoms. The first-order chi connectivity index (χ1) is 10.0. The molecule has 0 aliphatic carbocycles. The summed E-state index contributed by atoms with van der Waals surface area (Å²) in [6, 6.07) is 1.66. The fraction of sp³-hybridized carbons (Fsp3) is 0.733. The van der Waals surface area contributed by atoms with Crippen LogP contribution in [0.4, 0.5) is 0 Å². The van der Waals surface area contributed by atoms with Crippen molar-refractivity contribution in [2.24, 2.45) is 5.73 Å². The number of carbonyl (C=O) groups excluding carboxylic acids is 1. The summed E-state index contributed by atoms with van der Waals surface area (Å²) >= 11 is 0. The van der Waals surface area contributed by atoms with Crippen LogP contribution in [0, 0.1) is 13.8 Å². The second kappa shape index (κ2) is 8.50. The zero-order chi connectivity index (χ0) is 15.4. The van der Waals surface area contributed by atoms with Gasteiger partial charge in [0.25, 0.3) is 0 Å². The van der Waals surface area contributed by atoms with Crippen molar-refractivity contribution in [1.29, 1.82) is 0 Å². The monoisotopic (exact) mass is 330 g/mol. The maximum absolute atomic E-state index is 12.3. The van der Waals surface area contributed by atoms with Gasteiger partial charge in [0.1, 0.15) is 0 Å². The number of morpholine rings is 1. The van der Waals surface area contributed by atoms with Crippen LogP contribution in [0.25, 0.3) is 0 Å². The molecule has 1 amide bonds. The van der Waals surface area contributed by atoms with Gasteiger partial charge in [0, 0.05) is 18.8 Å². The summed E-state index contributed by atoms with van der Waals surface area (Å²) < 4.78 is 7.72. The molecule has 22 heavy (non-hydrogen) atoms. The van der Waals surface area contributed by atoms with Crippen LogP contribution in [0.15, 0.2) is 6.07 Å². The van der Waals surface area contributed by atoms with Crippen LogP contribution in [-0.2, 0) is 16.1 Å². The predicted molar refractivity (Wildman–Crippen MR) is 88.2 cm³/mol. The third-order valence-electron chi connectivity index (χ3n) is 3.85. The van der Waals surface area contributed by atoms with Crippen LogP contribution in [0.3, 0.4) is 0 Å². The molecule has 6 nitrogen and oxygen atoms in total. The molecule has 1 aromatic rings. The number of amides is 1. The molecule has 2 N–H and O–H groups in total. The van der Waals surface area contributed by atoms with Crippen LogP contribution < -0.4 is 5.73 Å². The molecule has 1 fully saturated rings. The molecule has 2 rings (SSSR count). The number of aryl methyl sites for hydroxylation is 2. The number of nitrogens with zero attached hydrogens (tertiary/aromatic N) is 3. The molecule has 0 spiro atoms. The number of hydrogen-bond donors (Lipinski definition) is 1. The molecule has 1 aromatic heterocycles. The Morgan fingerprint density at radius 2 is 2.27 bits per heavy atom. The molecule has 0 saturated carbocycles. The Kier molecular flexibility index (Phi) is 7.32. The van der Waals surface area contributed by atoms with Crippen molar-refractivity contribution >= 4 is 18.3 Å². The van der Waals surface area contributed by atoms with Crippen molar-refractivity contribution in [3.8, 4) is 0 Å². The van der Waals surface area contributed by atoms with E-state index in [-0.39, 0.29) is 30.5 Å². The minimum absolute atomic E-state index is 0. The maximum atomic E-state index is 12.3. The van der Waals surface area contributed by atoms with Gasteiger partial charge in [-0.25, -0.2) is 0 Å². The van der Waals surface area contributed by atoms with Crippen molar-refractivity contribution in [3.05, 3.63) is 17.5 Å². The molecule has 2 atom stereocenters. The zero-order valence-electron chi connectivity index (χ0n) is 13.6. The van der Waals surface area contributed by atoms with Crippen molar-refractivity contribution in [2.75, 3.05) is 19.7 Å². The predicted octanol–water partition coefficient (Wildman–Crippen LogP) is 1.28. The summed E-state index contributed by atoms with van der Waals surface area (Å²) in [5.74, 6) is 0.0403. The van der Waals surface area contributed by atoms with Gasteiger partial charge in [-0.05, 0) is 26.3 Å². The van der Waals surface area contributed by atoms with E-state index in [9.17, 15) is 4.79 Å². The summed E-state index contributed by atoms with van der Waals surface area (Å²) in [5.41, 5.74) is 8.05. The second-order valence-electron chi connectivity index (χ2n) is 5.78. The lowest BCUT2D eigenvalue weighted by molar-refractivity contribution is -0.140. The summed E-state index contributed by atoms with van der Waals surface area (Å²) in [7, 11) is 0. The molecule has 1 saturated heterocycles. The molecule has 1 aliphatic rings. The van der Waals surface area contributed by atoms with E-state index in [1.54, 1.807) is 0 Å². The Hall–Kier alpha value is -1.11. The van der Waals surface area contributed by atoms with E-state index in [1.165, 1.54) is 0 Å². The van der Waals surface area contributed by atoms with Gasteiger partial charge in [-0.1, -0.05) is 13.3 Å². The maximum Gasteiger partial charge on any atom is 0.239 e. The number of ether oxygens (including phenoxy) is 1. The molecule has 2 unspecified atom stereocenters. The third kappa shape index (κ3) is 4.69. The average Bonchev–Trinajstić information content (AvgIpc) is 2.76. The van der Waals surface area contributed by atoms with Crippen LogP contribution in [0.5, 0.6) is 0 Å². The molecule has 2 heterocycles. The van der Waals surface area contributed by atoms with E-state index in [0.717, 1.165) is 24.2 Å². The van der Waals surface area contributed by atoms with Gasteiger partial charge in [0.15, 0.2) is 0 Å². The van der Waals surface area contributed by atoms with E-state index in [0.29, 0.717) is 26.2 Å². The minimum atomic E-state index is -0.387. The highest BCUT2D eigenvalue weighted by molar-refractivity contribution is 5.85. The van der Waals surface area contributed by atoms with Gasteiger partial charge in [-0.15, -0.1) is 12.4 Å². The molecule has 0 aromatic carbocycles. The highest BCUT2D eigenvalue weighted by Crippen LogP contribution is 2.12. The Labute approximate surface area is 138 Å². The van der Waals surface area contributed by atoms with Crippen LogP contribution in [-0.4, -0.2) is 52.4 Å². The van der Waals surface area contributed by atoms with E-state index >= 15 is 0 Å². The lowest BCUT2D eigenvalue weighted by Gasteiger charge is -2.34. The molecular weight excluding hydrogens is 304 g/mol. The standard InChI is InChI=1S/C15H26N4O2.ClH/c1-4-5-14(16)15(20)18-6-7-21-13(9-18)10-19-12(3)8-11(2)17-19;/h8,13-14H,4-7,9-10,16H2,1-3H3;1H. The van der Waals surface area contributed by atoms with Crippen molar-refractivity contribution in [1.82, 2.24) is 14.7 Å². The van der Waals surface area contributed by atoms with Gasteiger partial charge in [-0.3, -0.25) is 9.48 Å². The van der Waals surface area contributed by atoms with Crippen molar-refractivity contribution in [2.45, 2.75) is 52.3 Å². The van der Waals surface area contributed by atoms with Crippen LogP contribution in [0.1, 0.15) is 31.2 Å². The van der Waals surface area contributed by atoms with Gasteiger partial charge in [0.2, 0.25) is 5.91 Å². The van der Waals surface area contributed by atoms with Crippen molar-refractivity contribution in [3.63, 3.8) is 0 Å². The molecule has 0 bridgehead atoms. The fourth-order valence-electron chi connectivity index (χ4n) is 2.75. The van der Waals surface area contributed by atoms with E-state index < -0.39 is 0 Å². The Morgan fingerprint density at radius 1 is 1.55 bits per heavy atom. The van der Waals surface area contributed by atoms with Gasteiger partial charge in [0.05, 0.1) is 31.0 Å². The zero-order valence-corrected chi connectivity index (χ0v) is 14.4. The van der Waals surface area contributed by atoms with Crippen LogP contribution in [0.2, 0.25) is 0 Å². The topological polar surface area (TPSA) is 73.4 Å². The van der Waals surface area contributed by atoms with Gasteiger partial charge < -0.3 is 15.4 Å². The summed E-state index contributed by atoms with van der Waals surface area (Å²) in [6.45, 7) is 8.51. The molecule has 126 valence electrons. The summed E-state index contributed by atoms with van der Waals surface area (Å²) in [4.78, 5) is 14.1. The molecular formula is C15H27ClN4O2. The number of halogens is 1. The SMILES string of the molecule is CCCC(N)C(=O)N1CCOC(Cn2nc(C)cc2C)C1.Cl. The lowest BCUT2D eigenvalue weighted by atomic mass is 10.1.